The number of nitrogens with zero attached hydrogens (tertiary/aromatic N) is 1. The third-order valence-electron chi connectivity index (χ3n) is 4.77. The Morgan fingerprint density at radius 1 is 1.21 bits per heavy atom. The first-order valence-electron chi connectivity index (χ1n) is 8.82. The fourth-order valence-electron chi connectivity index (χ4n) is 2.99. The third kappa shape index (κ3) is 4.78. The summed E-state index contributed by atoms with van der Waals surface area (Å²) in [6.45, 7) is 4.89. The van der Waals surface area contributed by atoms with Crippen molar-refractivity contribution in [1.29, 1.82) is 0 Å². The fraction of sp³-hybridized carbons (Fsp3) is 0.471. The first-order valence-corrected chi connectivity index (χ1v) is 11.8. The molecule has 2 heterocycles. The molecule has 0 aromatic heterocycles. The van der Waals surface area contributed by atoms with Crippen molar-refractivity contribution in [3.63, 3.8) is 0 Å². The Labute approximate surface area is 164 Å². The van der Waals surface area contributed by atoms with Crippen molar-refractivity contribution in [3.8, 4) is 0 Å². The van der Waals surface area contributed by atoms with E-state index in [-0.39, 0.29) is 35.9 Å². The maximum Gasteiger partial charge on any atom is 0.251 e. The summed E-state index contributed by atoms with van der Waals surface area (Å²) in [5, 5.41) is 3.62. The summed E-state index contributed by atoms with van der Waals surface area (Å²) < 4.78 is 57.2. The molecule has 1 amide bonds. The topological polar surface area (TPSA) is 122 Å². The lowest BCUT2D eigenvalue weighted by atomic mass is 10.1. The van der Waals surface area contributed by atoms with Crippen LogP contribution in [0.15, 0.2) is 41.1 Å². The zero-order valence-corrected chi connectivity index (χ0v) is 16.8. The summed E-state index contributed by atoms with van der Waals surface area (Å²) in [7, 11) is -7.24. The van der Waals surface area contributed by atoms with E-state index in [1.54, 1.807) is 0 Å². The van der Waals surface area contributed by atoms with Gasteiger partial charge in [0.05, 0.1) is 24.2 Å². The van der Waals surface area contributed by atoms with E-state index < -0.39 is 20.0 Å². The molecule has 0 bridgehead atoms. The van der Waals surface area contributed by atoms with Gasteiger partial charge in [-0.05, 0) is 36.6 Å². The molecule has 0 radical (unpaired) electrons. The molecule has 28 heavy (non-hydrogen) atoms. The van der Waals surface area contributed by atoms with Crippen LogP contribution in [0.25, 0.3) is 0 Å². The molecule has 9 nitrogen and oxygen atoms in total. The van der Waals surface area contributed by atoms with Gasteiger partial charge in [0.15, 0.2) is 0 Å². The zero-order valence-electron chi connectivity index (χ0n) is 15.2. The van der Waals surface area contributed by atoms with Crippen molar-refractivity contribution < 1.29 is 26.4 Å². The van der Waals surface area contributed by atoms with Crippen LogP contribution < -0.4 is 10.0 Å². The maximum atomic E-state index is 12.8. The van der Waals surface area contributed by atoms with Crippen LogP contribution in [0, 0.1) is 5.92 Å². The molecule has 1 unspecified atom stereocenters. The maximum absolute atomic E-state index is 12.8. The predicted octanol–water partition coefficient (Wildman–Crippen LogP) is -0.111. The van der Waals surface area contributed by atoms with Gasteiger partial charge in [0.1, 0.15) is 0 Å². The summed E-state index contributed by atoms with van der Waals surface area (Å²) >= 11 is 0. The number of rotatable bonds is 8. The largest absolute Gasteiger partial charge is 0.377 e. The van der Waals surface area contributed by atoms with Gasteiger partial charge in [-0.1, -0.05) is 6.58 Å². The van der Waals surface area contributed by atoms with E-state index in [9.17, 15) is 21.6 Å². The first kappa shape index (κ1) is 20.9. The molecule has 1 atom stereocenters. The molecule has 2 saturated heterocycles. The highest BCUT2D eigenvalue weighted by Crippen LogP contribution is 2.24. The highest BCUT2D eigenvalue weighted by molar-refractivity contribution is 7.92. The van der Waals surface area contributed by atoms with Gasteiger partial charge in [-0.25, -0.2) is 21.6 Å². The van der Waals surface area contributed by atoms with Crippen LogP contribution in [0.2, 0.25) is 0 Å². The minimum Gasteiger partial charge on any atom is -0.377 e. The van der Waals surface area contributed by atoms with Gasteiger partial charge in [-0.3, -0.25) is 4.79 Å². The van der Waals surface area contributed by atoms with Gasteiger partial charge < -0.3 is 10.1 Å². The Morgan fingerprint density at radius 3 is 2.46 bits per heavy atom. The van der Waals surface area contributed by atoms with E-state index >= 15 is 0 Å². The normalized spacial score (nSPS) is 21.2. The molecule has 0 spiro atoms. The number of benzene rings is 1. The summed E-state index contributed by atoms with van der Waals surface area (Å²) in [4.78, 5) is 12.2. The predicted molar refractivity (Wildman–Crippen MR) is 103 cm³/mol. The molecular weight excluding hydrogens is 406 g/mol. The molecule has 2 aliphatic heterocycles. The van der Waals surface area contributed by atoms with E-state index in [1.165, 1.54) is 28.6 Å². The monoisotopic (exact) mass is 429 g/mol. The highest BCUT2D eigenvalue weighted by Gasteiger charge is 2.33. The third-order valence-corrected chi connectivity index (χ3v) is 7.66. The summed E-state index contributed by atoms with van der Waals surface area (Å²) in [5.41, 5.74) is 0.379. The molecule has 2 N–H and O–H groups in total. The van der Waals surface area contributed by atoms with Gasteiger partial charge in [0.2, 0.25) is 20.0 Å². The number of nitrogens with one attached hydrogen (secondary N) is 2. The van der Waals surface area contributed by atoms with Crippen LogP contribution in [0.1, 0.15) is 16.8 Å². The molecule has 0 aliphatic carbocycles. The Balaban J connectivity index is 1.61. The molecule has 1 aromatic rings. The minimum atomic E-state index is -3.71. The van der Waals surface area contributed by atoms with Crippen molar-refractivity contribution in [2.75, 3.05) is 32.8 Å². The Hall–Kier alpha value is -1.79. The van der Waals surface area contributed by atoms with Gasteiger partial charge in [0, 0.05) is 30.6 Å². The average molecular weight is 430 g/mol. The number of ether oxygens (including phenoxy) is 1. The lowest BCUT2D eigenvalue weighted by Gasteiger charge is -2.26. The smallest absolute Gasteiger partial charge is 0.251 e. The second kappa shape index (κ2) is 8.29. The van der Waals surface area contributed by atoms with Crippen LogP contribution in [0.3, 0.4) is 0 Å². The van der Waals surface area contributed by atoms with Gasteiger partial charge >= 0.3 is 0 Å². The lowest BCUT2D eigenvalue weighted by Crippen LogP contribution is -2.48. The fourth-order valence-corrected chi connectivity index (χ4v) is 5.11. The average Bonchev–Trinajstić information content (AvgIpc) is 3.13. The molecule has 2 fully saturated rings. The first-order chi connectivity index (χ1) is 13.2. The van der Waals surface area contributed by atoms with Crippen LogP contribution in [-0.2, 0) is 24.8 Å². The van der Waals surface area contributed by atoms with Gasteiger partial charge in [-0.15, -0.1) is 0 Å². The van der Waals surface area contributed by atoms with Gasteiger partial charge in [-0.2, -0.15) is 4.31 Å². The quantitative estimate of drug-likeness (QED) is 0.595. The van der Waals surface area contributed by atoms with Gasteiger partial charge in [0.25, 0.3) is 5.91 Å². The SMILES string of the molecule is C=CS(=O)(=O)NCC1CCN(S(=O)(=O)c2ccc(C(=O)NC3COC3)cc2)C1. The molecule has 11 heteroatoms. The second-order valence-corrected chi connectivity index (χ2v) is 10.5. The number of carbonyl (C=O) groups excluding carboxylic acids is 1. The molecule has 2 aliphatic rings. The van der Waals surface area contributed by atoms with Crippen LogP contribution >= 0.6 is 0 Å². The molecule has 0 saturated carbocycles. The van der Waals surface area contributed by atoms with E-state index in [4.69, 9.17) is 4.74 Å². The van der Waals surface area contributed by atoms with Crippen LogP contribution in [0.5, 0.6) is 0 Å². The van der Waals surface area contributed by atoms with E-state index in [0.717, 1.165) is 5.41 Å². The number of amides is 1. The van der Waals surface area contributed by atoms with E-state index in [0.29, 0.717) is 31.7 Å². The van der Waals surface area contributed by atoms with E-state index in [1.807, 2.05) is 0 Å². The Kier molecular flexibility index (Phi) is 6.20. The summed E-state index contributed by atoms with van der Waals surface area (Å²) in [5.74, 6) is -0.382. The molecular formula is C17H23N3O6S2. The van der Waals surface area contributed by atoms with Crippen molar-refractivity contribution >= 4 is 26.0 Å². The summed E-state index contributed by atoms with van der Waals surface area (Å²) in [6, 6.07) is 5.78. The highest BCUT2D eigenvalue weighted by atomic mass is 32.2. The Bertz CT molecular complexity index is 940. The van der Waals surface area contributed by atoms with Crippen LogP contribution in [-0.4, -0.2) is 65.9 Å². The van der Waals surface area contributed by atoms with Crippen molar-refractivity contribution in [2.24, 2.45) is 5.92 Å². The minimum absolute atomic E-state index is 0.00374. The van der Waals surface area contributed by atoms with E-state index in [2.05, 4.69) is 16.6 Å². The molecule has 154 valence electrons. The number of hydrogen-bond donors (Lipinski definition) is 2. The standard InChI is InChI=1S/C17H23N3O6S2/c1-2-27(22,23)18-9-13-7-8-20(10-13)28(24,25)16-5-3-14(4-6-16)17(21)19-15-11-26-12-15/h2-6,13,15,18H,1,7-12H2,(H,19,21). The summed E-state index contributed by atoms with van der Waals surface area (Å²) in [6.07, 6.45) is 0.558. The second-order valence-electron chi connectivity index (χ2n) is 6.81. The number of carbonyl (C=O) groups is 1. The molecule has 1 aromatic carbocycles. The number of sulfonamides is 2. The van der Waals surface area contributed by atoms with Crippen molar-refractivity contribution in [1.82, 2.24) is 14.3 Å². The lowest BCUT2D eigenvalue weighted by molar-refractivity contribution is -0.00346. The zero-order chi connectivity index (χ0) is 20.4. The number of hydrogen-bond acceptors (Lipinski definition) is 6. The van der Waals surface area contributed by atoms with Crippen molar-refractivity contribution in [3.05, 3.63) is 41.8 Å². The van der Waals surface area contributed by atoms with Crippen LogP contribution in [0.4, 0.5) is 0 Å². The van der Waals surface area contributed by atoms with Crippen molar-refractivity contribution in [2.45, 2.75) is 17.4 Å². The Morgan fingerprint density at radius 2 is 1.89 bits per heavy atom. The molecule has 3 rings (SSSR count).